The van der Waals surface area contributed by atoms with E-state index in [1.54, 1.807) is 45.0 Å². The van der Waals surface area contributed by atoms with Gasteiger partial charge in [-0.05, 0) is 32.9 Å². The number of esters is 1. The van der Waals surface area contributed by atoms with Gasteiger partial charge in [-0.25, -0.2) is 4.79 Å². The third-order valence-electron chi connectivity index (χ3n) is 3.18. The average Bonchev–Trinajstić information content (AvgIpc) is 2.67. The van der Waals surface area contributed by atoms with Crippen molar-refractivity contribution in [2.75, 3.05) is 6.54 Å². The molecule has 6 nitrogen and oxygen atoms in total. The van der Waals surface area contributed by atoms with Crippen LogP contribution in [-0.4, -0.2) is 46.0 Å². The molecular formula is C16H19NO5. The van der Waals surface area contributed by atoms with E-state index in [0.717, 1.165) is 4.90 Å². The fourth-order valence-corrected chi connectivity index (χ4v) is 2.18. The van der Waals surface area contributed by atoms with Crippen molar-refractivity contribution in [3.63, 3.8) is 0 Å². The van der Waals surface area contributed by atoms with Crippen molar-refractivity contribution in [2.45, 2.75) is 38.9 Å². The van der Waals surface area contributed by atoms with Crippen molar-refractivity contribution < 1.29 is 24.2 Å². The summed E-state index contributed by atoms with van der Waals surface area (Å²) in [6.45, 7) is 5.05. The number of ether oxygens (including phenoxy) is 1. The van der Waals surface area contributed by atoms with Crippen LogP contribution in [0.1, 0.15) is 47.9 Å². The summed E-state index contributed by atoms with van der Waals surface area (Å²) in [5, 5.41) is 9.81. The number of fused-ring (bicyclic) bond motifs is 1. The molecule has 1 heterocycles. The molecule has 0 radical (unpaired) electrons. The standard InChI is InChI=1S/C16H19NO5/c1-16(2,3)22-15(21)12(18)8-9-17-13(19)10-6-4-5-7-11(10)14(17)20/h4-7,12,18H,8-9H2,1-3H3. The van der Waals surface area contributed by atoms with E-state index in [9.17, 15) is 19.5 Å². The SMILES string of the molecule is CC(C)(C)OC(=O)C(O)CCN1C(=O)c2ccccc2C1=O. The number of aliphatic hydroxyl groups excluding tert-OH is 1. The van der Waals surface area contributed by atoms with Crippen molar-refractivity contribution in [3.05, 3.63) is 35.4 Å². The third kappa shape index (κ3) is 3.33. The van der Waals surface area contributed by atoms with Crippen molar-refractivity contribution in [2.24, 2.45) is 0 Å². The number of aliphatic hydroxyl groups is 1. The van der Waals surface area contributed by atoms with Crippen LogP contribution in [0.25, 0.3) is 0 Å². The Balaban J connectivity index is 1.97. The fraction of sp³-hybridized carbons (Fsp3) is 0.438. The molecule has 1 aliphatic heterocycles. The highest BCUT2D eigenvalue weighted by Gasteiger charge is 2.35. The first-order chi connectivity index (χ1) is 10.2. The number of carbonyl (C=O) groups excluding carboxylic acids is 3. The van der Waals surface area contributed by atoms with Crippen molar-refractivity contribution in [1.29, 1.82) is 0 Å². The summed E-state index contributed by atoms with van der Waals surface area (Å²) in [5.41, 5.74) is -0.00774. The van der Waals surface area contributed by atoms with Crippen LogP contribution in [0.2, 0.25) is 0 Å². The molecule has 1 unspecified atom stereocenters. The highest BCUT2D eigenvalue weighted by molar-refractivity contribution is 6.21. The molecule has 1 aromatic rings. The molecule has 118 valence electrons. The Bertz CT molecular complexity index is 582. The lowest BCUT2D eigenvalue weighted by Gasteiger charge is -2.22. The second-order valence-electron chi connectivity index (χ2n) is 6.15. The summed E-state index contributed by atoms with van der Waals surface area (Å²) in [4.78, 5) is 37.0. The lowest BCUT2D eigenvalue weighted by molar-refractivity contribution is -0.165. The first-order valence-electron chi connectivity index (χ1n) is 7.07. The molecule has 2 amide bonds. The Labute approximate surface area is 128 Å². The second-order valence-corrected chi connectivity index (χ2v) is 6.15. The van der Waals surface area contributed by atoms with Crippen LogP contribution < -0.4 is 0 Å². The van der Waals surface area contributed by atoms with Gasteiger partial charge in [0.1, 0.15) is 5.60 Å². The Morgan fingerprint density at radius 3 is 2.14 bits per heavy atom. The predicted octanol–water partition coefficient (Wildman–Crippen LogP) is 1.38. The normalized spacial score (nSPS) is 15.7. The van der Waals surface area contributed by atoms with E-state index in [2.05, 4.69) is 0 Å². The Kier molecular flexibility index (Phi) is 4.32. The Morgan fingerprint density at radius 1 is 1.18 bits per heavy atom. The van der Waals surface area contributed by atoms with Gasteiger partial charge in [0.2, 0.25) is 0 Å². The van der Waals surface area contributed by atoms with Crippen LogP contribution in [0.3, 0.4) is 0 Å². The molecule has 6 heteroatoms. The van der Waals surface area contributed by atoms with E-state index in [0.29, 0.717) is 11.1 Å². The summed E-state index contributed by atoms with van der Waals surface area (Å²) in [6, 6.07) is 6.53. The topological polar surface area (TPSA) is 83.9 Å². The van der Waals surface area contributed by atoms with Crippen LogP contribution in [0.15, 0.2) is 24.3 Å². The largest absolute Gasteiger partial charge is 0.458 e. The summed E-state index contributed by atoms with van der Waals surface area (Å²) >= 11 is 0. The Hall–Kier alpha value is -2.21. The maximum absolute atomic E-state index is 12.1. The molecule has 0 saturated carbocycles. The molecule has 0 fully saturated rings. The van der Waals surface area contributed by atoms with Gasteiger partial charge >= 0.3 is 5.97 Å². The van der Waals surface area contributed by atoms with E-state index < -0.39 is 29.5 Å². The highest BCUT2D eigenvalue weighted by atomic mass is 16.6. The van der Waals surface area contributed by atoms with Gasteiger partial charge in [-0.2, -0.15) is 0 Å². The molecular weight excluding hydrogens is 286 g/mol. The predicted molar refractivity (Wildman–Crippen MR) is 78.3 cm³/mol. The molecule has 0 aliphatic carbocycles. The maximum Gasteiger partial charge on any atom is 0.335 e. The minimum atomic E-state index is -1.37. The molecule has 1 N–H and O–H groups in total. The zero-order valence-corrected chi connectivity index (χ0v) is 12.8. The number of hydrogen-bond acceptors (Lipinski definition) is 5. The third-order valence-corrected chi connectivity index (χ3v) is 3.18. The molecule has 22 heavy (non-hydrogen) atoms. The Morgan fingerprint density at radius 2 is 1.68 bits per heavy atom. The average molecular weight is 305 g/mol. The van der Waals surface area contributed by atoms with Crippen LogP contribution in [-0.2, 0) is 9.53 Å². The smallest absolute Gasteiger partial charge is 0.335 e. The van der Waals surface area contributed by atoms with Gasteiger partial charge in [-0.3, -0.25) is 14.5 Å². The van der Waals surface area contributed by atoms with E-state index in [1.807, 2.05) is 0 Å². The first kappa shape index (κ1) is 16.2. The number of carbonyl (C=O) groups is 3. The number of amides is 2. The van der Waals surface area contributed by atoms with E-state index >= 15 is 0 Å². The maximum atomic E-state index is 12.1. The molecule has 2 rings (SSSR count). The van der Waals surface area contributed by atoms with Gasteiger partial charge in [0.15, 0.2) is 6.10 Å². The zero-order chi connectivity index (χ0) is 16.5. The van der Waals surface area contributed by atoms with Crippen LogP contribution in [0.4, 0.5) is 0 Å². The van der Waals surface area contributed by atoms with Crippen LogP contribution >= 0.6 is 0 Å². The van der Waals surface area contributed by atoms with Crippen molar-refractivity contribution in [3.8, 4) is 0 Å². The summed E-state index contributed by atoms with van der Waals surface area (Å²) in [7, 11) is 0. The van der Waals surface area contributed by atoms with E-state index in [1.165, 1.54) is 0 Å². The quantitative estimate of drug-likeness (QED) is 0.671. The lowest BCUT2D eigenvalue weighted by Crippen LogP contribution is -2.37. The van der Waals surface area contributed by atoms with Gasteiger partial charge in [0.25, 0.3) is 11.8 Å². The number of imide groups is 1. The molecule has 0 spiro atoms. The molecule has 0 bridgehead atoms. The number of rotatable bonds is 4. The van der Waals surface area contributed by atoms with Gasteiger partial charge in [-0.1, -0.05) is 12.1 Å². The number of nitrogens with zero attached hydrogens (tertiary/aromatic N) is 1. The second kappa shape index (κ2) is 5.88. The fourth-order valence-electron chi connectivity index (χ4n) is 2.18. The molecule has 1 atom stereocenters. The van der Waals surface area contributed by atoms with Crippen molar-refractivity contribution in [1.82, 2.24) is 4.90 Å². The summed E-state index contributed by atoms with van der Waals surface area (Å²) in [6.07, 6.45) is -1.43. The molecule has 1 aromatic carbocycles. The van der Waals surface area contributed by atoms with Crippen molar-refractivity contribution >= 4 is 17.8 Å². The molecule has 0 aromatic heterocycles. The number of hydrogen-bond donors (Lipinski definition) is 1. The summed E-state index contributed by atoms with van der Waals surface area (Å²) in [5.74, 6) is -1.57. The highest BCUT2D eigenvalue weighted by Crippen LogP contribution is 2.22. The van der Waals surface area contributed by atoms with Gasteiger partial charge < -0.3 is 9.84 Å². The lowest BCUT2D eigenvalue weighted by atomic mass is 10.1. The van der Waals surface area contributed by atoms with Crippen LogP contribution in [0.5, 0.6) is 0 Å². The minimum Gasteiger partial charge on any atom is -0.458 e. The van der Waals surface area contributed by atoms with Crippen LogP contribution in [0, 0.1) is 0 Å². The van der Waals surface area contributed by atoms with Gasteiger partial charge in [-0.15, -0.1) is 0 Å². The molecule has 0 saturated heterocycles. The van der Waals surface area contributed by atoms with Gasteiger partial charge in [0.05, 0.1) is 11.1 Å². The first-order valence-corrected chi connectivity index (χ1v) is 7.07. The monoisotopic (exact) mass is 305 g/mol. The zero-order valence-electron chi connectivity index (χ0n) is 12.8. The van der Waals surface area contributed by atoms with Gasteiger partial charge in [0, 0.05) is 13.0 Å². The molecule has 1 aliphatic rings. The van der Waals surface area contributed by atoms with E-state index in [4.69, 9.17) is 4.74 Å². The number of benzene rings is 1. The van der Waals surface area contributed by atoms with E-state index in [-0.39, 0.29) is 13.0 Å². The summed E-state index contributed by atoms with van der Waals surface area (Å²) < 4.78 is 5.05. The minimum absolute atomic E-state index is 0.0350.